The van der Waals surface area contributed by atoms with Crippen LogP contribution in [0.1, 0.15) is 0 Å². The fourth-order valence-corrected chi connectivity index (χ4v) is 1.20. The predicted molar refractivity (Wildman–Crippen MR) is 43.8 cm³/mol. The van der Waals surface area contributed by atoms with Crippen molar-refractivity contribution in [2.45, 2.75) is 0 Å². The summed E-state index contributed by atoms with van der Waals surface area (Å²) >= 11 is 0. The molecule has 0 saturated heterocycles. The van der Waals surface area contributed by atoms with E-state index < -0.39 is 0 Å². The summed E-state index contributed by atoms with van der Waals surface area (Å²) in [7, 11) is 3.36. The van der Waals surface area contributed by atoms with Crippen LogP contribution >= 0.6 is 0 Å². The van der Waals surface area contributed by atoms with Gasteiger partial charge in [-0.1, -0.05) is 0 Å². The molecule has 0 spiro atoms. The van der Waals surface area contributed by atoms with Gasteiger partial charge in [0.2, 0.25) is 0 Å². The normalized spacial score (nSPS) is 10.8. The van der Waals surface area contributed by atoms with Gasteiger partial charge < -0.3 is 0 Å². The van der Waals surface area contributed by atoms with E-state index in [9.17, 15) is 4.79 Å². The summed E-state index contributed by atoms with van der Waals surface area (Å²) in [6, 6.07) is 0. The van der Waals surface area contributed by atoms with E-state index in [-0.39, 0.29) is 5.69 Å². The Labute approximate surface area is 68.3 Å². The van der Waals surface area contributed by atoms with Crippen LogP contribution in [0.4, 0.5) is 0 Å². The lowest BCUT2D eigenvalue weighted by Gasteiger charge is -1.88. The molecule has 0 aromatic carbocycles. The number of aryl methyl sites for hydroxylation is 2. The second-order valence-electron chi connectivity index (χ2n) is 2.60. The number of fused-ring (bicyclic) bond motifs is 1. The molecule has 5 heteroatoms. The van der Waals surface area contributed by atoms with E-state index in [1.807, 2.05) is 0 Å². The molecule has 2 aromatic heterocycles. The van der Waals surface area contributed by atoms with Crippen molar-refractivity contribution in [3.05, 3.63) is 22.9 Å². The molecule has 0 atom stereocenters. The SMILES string of the molecule is Cn1c(=O)n(C)c2nccnc21. The van der Waals surface area contributed by atoms with E-state index in [4.69, 9.17) is 0 Å². The van der Waals surface area contributed by atoms with Crippen LogP contribution in [-0.2, 0) is 14.1 Å². The van der Waals surface area contributed by atoms with Gasteiger partial charge in [-0.2, -0.15) is 0 Å². The molecular formula is C7H8N4O. The van der Waals surface area contributed by atoms with Crippen LogP contribution in [-0.4, -0.2) is 19.1 Å². The van der Waals surface area contributed by atoms with Crippen LogP contribution in [0.3, 0.4) is 0 Å². The van der Waals surface area contributed by atoms with Crippen molar-refractivity contribution < 1.29 is 0 Å². The van der Waals surface area contributed by atoms with Crippen molar-refractivity contribution in [3.8, 4) is 0 Å². The minimum absolute atomic E-state index is 0.101. The average molecular weight is 164 g/mol. The molecule has 0 amide bonds. The Kier molecular flexibility index (Phi) is 1.27. The van der Waals surface area contributed by atoms with Crippen molar-refractivity contribution >= 4 is 11.3 Å². The summed E-state index contributed by atoms with van der Waals surface area (Å²) in [6.45, 7) is 0. The third-order valence-corrected chi connectivity index (χ3v) is 1.87. The highest BCUT2D eigenvalue weighted by atomic mass is 16.1. The number of rotatable bonds is 0. The second kappa shape index (κ2) is 2.17. The molecule has 2 heterocycles. The van der Waals surface area contributed by atoms with Gasteiger partial charge in [0.25, 0.3) is 0 Å². The zero-order chi connectivity index (χ0) is 8.72. The molecule has 12 heavy (non-hydrogen) atoms. The largest absolute Gasteiger partial charge is 0.330 e. The molecule has 0 unspecified atom stereocenters. The first kappa shape index (κ1) is 7.02. The quantitative estimate of drug-likeness (QED) is 0.535. The van der Waals surface area contributed by atoms with Gasteiger partial charge in [-0.3, -0.25) is 9.13 Å². The van der Waals surface area contributed by atoms with Crippen molar-refractivity contribution in [2.24, 2.45) is 14.1 Å². The maximum atomic E-state index is 11.3. The first-order chi connectivity index (χ1) is 5.72. The highest BCUT2D eigenvalue weighted by Crippen LogP contribution is 2.01. The van der Waals surface area contributed by atoms with Gasteiger partial charge in [-0.25, -0.2) is 14.8 Å². The predicted octanol–water partition coefficient (Wildman–Crippen LogP) is -0.333. The second-order valence-corrected chi connectivity index (χ2v) is 2.60. The highest BCUT2D eigenvalue weighted by molar-refractivity contribution is 5.65. The van der Waals surface area contributed by atoms with Gasteiger partial charge >= 0.3 is 5.69 Å². The zero-order valence-corrected chi connectivity index (χ0v) is 6.85. The van der Waals surface area contributed by atoms with E-state index in [1.165, 1.54) is 9.13 Å². The lowest BCUT2D eigenvalue weighted by Crippen LogP contribution is -2.19. The third-order valence-electron chi connectivity index (χ3n) is 1.87. The van der Waals surface area contributed by atoms with Crippen LogP contribution in [0.15, 0.2) is 17.2 Å². The fourth-order valence-electron chi connectivity index (χ4n) is 1.20. The smallest absolute Gasteiger partial charge is 0.278 e. The summed E-state index contributed by atoms with van der Waals surface area (Å²) in [5.74, 6) is 0. The third kappa shape index (κ3) is 0.702. The Hall–Kier alpha value is -1.65. The lowest BCUT2D eigenvalue weighted by molar-refractivity contribution is 0.788. The summed E-state index contributed by atoms with van der Waals surface area (Å²) in [6.07, 6.45) is 3.14. The first-order valence-electron chi connectivity index (χ1n) is 3.54. The number of imidazole rings is 1. The summed E-state index contributed by atoms with van der Waals surface area (Å²) in [4.78, 5) is 19.4. The molecule has 5 nitrogen and oxygen atoms in total. The van der Waals surface area contributed by atoms with E-state index in [0.717, 1.165) is 0 Å². The number of hydrogen-bond acceptors (Lipinski definition) is 3. The number of aromatic nitrogens is 4. The van der Waals surface area contributed by atoms with Crippen molar-refractivity contribution in [3.63, 3.8) is 0 Å². The lowest BCUT2D eigenvalue weighted by atomic mass is 10.6. The first-order valence-corrected chi connectivity index (χ1v) is 3.54. The maximum Gasteiger partial charge on any atom is 0.330 e. The summed E-state index contributed by atoms with van der Waals surface area (Å²) in [5, 5.41) is 0. The fraction of sp³-hybridized carbons (Fsp3) is 0.286. The van der Waals surface area contributed by atoms with E-state index in [2.05, 4.69) is 9.97 Å². The average Bonchev–Trinajstić information content (AvgIpc) is 2.33. The Bertz CT molecular complexity index is 440. The molecule has 0 aliphatic rings. The van der Waals surface area contributed by atoms with Crippen LogP contribution in [0, 0.1) is 0 Å². The number of nitrogens with zero attached hydrogens (tertiary/aromatic N) is 4. The zero-order valence-electron chi connectivity index (χ0n) is 6.85. The van der Waals surface area contributed by atoms with Crippen molar-refractivity contribution in [1.82, 2.24) is 19.1 Å². The van der Waals surface area contributed by atoms with Crippen molar-refractivity contribution in [1.29, 1.82) is 0 Å². The van der Waals surface area contributed by atoms with Gasteiger partial charge in [0, 0.05) is 26.5 Å². The van der Waals surface area contributed by atoms with Crippen molar-refractivity contribution in [2.75, 3.05) is 0 Å². The van der Waals surface area contributed by atoms with Gasteiger partial charge in [0.1, 0.15) is 0 Å². The molecule has 0 N–H and O–H groups in total. The van der Waals surface area contributed by atoms with Gasteiger partial charge in [-0.05, 0) is 0 Å². The molecule has 0 aliphatic carbocycles. The van der Waals surface area contributed by atoms with Crippen LogP contribution < -0.4 is 5.69 Å². The van der Waals surface area contributed by atoms with Crippen LogP contribution in [0.25, 0.3) is 11.3 Å². The van der Waals surface area contributed by atoms with E-state index in [0.29, 0.717) is 11.3 Å². The van der Waals surface area contributed by atoms with Gasteiger partial charge in [0.05, 0.1) is 0 Å². The Balaban J connectivity index is 3.09. The Morgan fingerprint density at radius 3 is 1.92 bits per heavy atom. The topological polar surface area (TPSA) is 52.7 Å². The minimum atomic E-state index is -0.101. The molecule has 0 radical (unpaired) electrons. The molecule has 2 rings (SSSR count). The summed E-state index contributed by atoms with van der Waals surface area (Å²) < 4.78 is 2.95. The van der Waals surface area contributed by atoms with Crippen LogP contribution in [0.5, 0.6) is 0 Å². The number of hydrogen-bond donors (Lipinski definition) is 0. The molecule has 2 aromatic rings. The molecule has 0 bridgehead atoms. The Morgan fingerprint density at radius 1 is 1.08 bits per heavy atom. The summed E-state index contributed by atoms with van der Waals surface area (Å²) in [5.41, 5.74) is 1.13. The van der Waals surface area contributed by atoms with E-state index >= 15 is 0 Å². The molecule has 0 saturated carbocycles. The van der Waals surface area contributed by atoms with Gasteiger partial charge in [0.15, 0.2) is 11.3 Å². The Morgan fingerprint density at radius 2 is 1.50 bits per heavy atom. The van der Waals surface area contributed by atoms with Crippen LogP contribution in [0.2, 0.25) is 0 Å². The molecule has 0 aliphatic heterocycles. The molecule has 0 fully saturated rings. The highest BCUT2D eigenvalue weighted by Gasteiger charge is 2.07. The van der Waals surface area contributed by atoms with Gasteiger partial charge in [-0.15, -0.1) is 0 Å². The molecular weight excluding hydrogens is 156 g/mol. The maximum absolute atomic E-state index is 11.3. The monoisotopic (exact) mass is 164 g/mol. The van der Waals surface area contributed by atoms with E-state index in [1.54, 1.807) is 26.5 Å². The standard InChI is InChI=1S/C7H8N4O/c1-10-5-6(9-4-3-8-5)11(2)7(10)12/h3-4H,1-2H3. The molecule has 62 valence electrons. The minimum Gasteiger partial charge on any atom is -0.278 e.